The molecule has 5 nitrogen and oxygen atoms in total. The molecule has 7 heteroatoms. The fourth-order valence-electron chi connectivity index (χ4n) is 3.37. The van der Waals surface area contributed by atoms with Crippen molar-refractivity contribution in [2.75, 3.05) is 17.4 Å². The van der Waals surface area contributed by atoms with Crippen molar-refractivity contribution < 1.29 is 17.6 Å². The molecule has 0 bridgehead atoms. The maximum Gasteiger partial charge on any atom is 0.264 e. The summed E-state index contributed by atoms with van der Waals surface area (Å²) in [6.45, 7) is 3.75. The third-order valence-corrected chi connectivity index (χ3v) is 6.84. The minimum atomic E-state index is -4.13. The van der Waals surface area contributed by atoms with Gasteiger partial charge in [-0.3, -0.25) is 9.10 Å². The molecule has 0 atom stereocenters. The van der Waals surface area contributed by atoms with Gasteiger partial charge < -0.3 is 5.32 Å². The Morgan fingerprint density at radius 2 is 1.66 bits per heavy atom. The topological polar surface area (TPSA) is 66.5 Å². The number of anilines is 1. The molecule has 3 aromatic carbocycles. The Morgan fingerprint density at radius 1 is 0.938 bits per heavy atom. The van der Waals surface area contributed by atoms with E-state index < -0.39 is 28.3 Å². The van der Waals surface area contributed by atoms with E-state index in [-0.39, 0.29) is 10.6 Å². The van der Waals surface area contributed by atoms with E-state index in [1.165, 1.54) is 47.5 Å². The van der Waals surface area contributed by atoms with Crippen LogP contribution in [0.3, 0.4) is 0 Å². The summed E-state index contributed by atoms with van der Waals surface area (Å²) in [6.07, 6.45) is 1.50. The molecule has 0 radical (unpaired) electrons. The molecular weight excluding hydrogens is 427 g/mol. The Balaban J connectivity index is 1.72. The van der Waals surface area contributed by atoms with Gasteiger partial charge in [-0.05, 0) is 56.5 Å². The second kappa shape index (κ2) is 10.4. The highest BCUT2D eigenvalue weighted by Crippen LogP contribution is 2.26. The molecule has 1 amide bonds. The van der Waals surface area contributed by atoms with Gasteiger partial charge in [0.2, 0.25) is 5.91 Å². The van der Waals surface area contributed by atoms with Crippen LogP contribution in [0.4, 0.5) is 10.1 Å². The molecule has 0 unspecified atom stereocenters. The lowest BCUT2D eigenvalue weighted by Crippen LogP contribution is -2.41. The molecule has 0 saturated carbocycles. The number of halogens is 1. The number of nitrogens with zero attached hydrogens (tertiary/aromatic N) is 1. The summed E-state index contributed by atoms with van der Waals surface area (Å²) >= 11 is 0. The molecule has 0 aliphatic heterocycles. The van der Waals surface area contributed by atoms with E-state index in [2.05, 4.69) is 11.4 Å². The van der Waals surface area contributed by atoms with E-state index in [1.54, 1.807) is 12.1 Å². The average Bonchev–Trinajstić information content (AvgIpc) is 2.76. The van der Waals surface area contributed by atoms with Crippen LogP contribution < -0.4 is 9.62 Å². The number of rotatable bonds is 9. The van der Waals surface area contributed by atoms with Crippen LogP contribution >= 0.6 is 0 Å². The molecule has 168 valence electrons. The second-order valence-electron chi connectivity index (χ2n) is 7.72. The number of para-hydroxylation sites is 1. The Labute approximate surface area is 188 Å². The van der Waals surface area contributed by atoms with Crippen molar-refractivity contribution in [1.29, 1.82) is 0 Å². The fraction of sp³-hybridized carbons (Fsp3) is 0.240. The van der Waals surface area contributed by atoms with E-state index in [4.69, 9.17) is 0 Å². The molecule has 0 spiro atoms. The highest BCUT2D eigenvalue weighted by Gasteiger charge is 2.29. The quantitative estimate of drug-likeness (QED) is 0.488. The zero-order valence-electron chi connectivity index (χ0n) is 18.2. The van der Waals surface area contributed by atoms with Crippen molar-refractivity contribution in [1.82, 2.24) is 5.32 Å². The standard InChI is InChI=1S/C25H27FN2O3S/c1-19-12-14-22(15-13-19)32(30,31)28(24-11-4-3-10-23(24)26)18-25(29)27-16-6-9-21-8-5-7-20(2)17-21/h3-5,7-8,10-15,17H,6,9,16,18H2,1-2H3,(H,27,29). The maximum atomic E-state index is 14.5. The smallest absolute Gasteiger partial charge is 0.264 e. The molecule has 32 heavy (non-hydrogen) atoms. The zero-order valence-corrected chi connectivity index (χ0v) is 19.0. The van der Waals surface area contributed by atoms with E-state index in [0.717, 1.165) is 16.3 Å². The zero-order chi connectivity index (χ0) is 23.1. The first-order valence-corrected chi connectivity index (χ1v) is 11.9. The monoisotopic (exact) mass is 454 g/mol. The van der Waals surface area contributed by atoms with Gasteiger partial charge in [0, 0.05) is 6.54 Å². The number of benzene rings is 3. The minimum absolute atomic E-state index is 0.00130. The van der Waals surface area contributed by atoms with Gasteiger partial charge in [-0.25, -0.2) is 12.8 Å². The van der Waals surface area contributed by atoms with E-state index in [1.807, 2.05) is 32.0 Å². The van der Waals surface area contributed by atoms with Crippen molar-refractivity contribution in [2.45, 2.75) is 31.6 Å². The molecule has 0 heterocycles. The van der Waals surface area contributed by atoms with Crippen molar-refractivity contribution >= 4 is 21.6 Å². The van der Waals surface area contributed by atoms with E-state index >= 15 is 0 Å². The molecule has 3 rings (SSSR count). The van der Waals surface area contributed by atoms with Crippen LogP contribution in [0, 0.1) is 19.7 Å². The highest BCUT2D eigenvalue weighted by molar-refractivity contribution is 7.92. The van der Waals surface area contributed by atoms with Crippen molar-refractivity contribution in [3.05, 3.63) is 95.3 Å². The van der Waals surface area contributed by atoms with Gasteiger partial charge in [0.15, 0.2) is 0 Å². The first-order valence-electron chi connectivity index (χ1n) is 10.4. The number of aryl methyl sites for hydroxylation is 3. The largest absolute Gasteiger partial charge is 0.355 e. The van der Waals surface area contributed by atoms with Crippen LogP contribution in [-0.2, 0) is 21.2 Å². The number of amides is 1. The number of nitrogens with one attached hydrogen (secondary N) is 1. The maximum absolute atomic E-state index is 14.5. The summed E-state index contributed by atoms with van der Waals surface area (Å²) in [4.78, 5) is 12.6. The molecule has 0 fully saturated rings. The summed E-state index contributed by atoms with van der Waals surface area (Å²) < 4.78 is 41.8. The van der Waals surface area contributed by atoms with Gasteiger partial charge in [0.1, 0.15) is 12.4 Å². The van der Waals surface area contributed by atoms with Crippen molar-refractivity contribution in [3.63, 3.8) is 0 Å². The van der Waals surface area contributed by atoms with Gasteiger partial charge in [-0.1, -0.05) is 59.7 Å². The number of hydrogen-bond acceptors (Lipinski definition) is 3. The SMILES string of the molecule is Cc1ccc(S(=O)(=O)N(CC(=O)NCCCc2cccc(C)c2)c2ccccc2F)cc1. The molecule has 0 aliphatic rings. The van der Waals surface area contributed by atoms with Crippen LogP contribution in [-0.4, -0.2) is 27.4 Å². The Hall–Kier alpha value is -3.19. The lowest BCUT2D eigenvalue weighted by Gasteiger charge is -2.24. The Kier molecular flexibility index (Phi) is 7.64. The predicted molar refractivity (Wildman–Crippen MR) is 125 cm³/mol. The van der Waals surface area contributed by atoms with Crippen molar-refractivity contribution in [2.24, 2.45) is 0 Å². The van der Waals surface area contributed by atoms with Crippen LogP contribution in [0.5, 0.6) is 0 Å². The molecule has 3 aromatic rings. The van der Waals surface area contributed by atoms with Crippen molar-refractivity contribution in [3.8, 4) is 0 Å². The lowest BCUT2D eigenvalue weighted by molar-refractivity contribution is -0.119. The van der Waals surface area contributed by atoms with Gasteiger partial charge in [0.05, 0.1) is 10.6 Å². The van der Waals surface area contributed by atoms with Gasteiger partial charge >= 0.3 is 0 Å². The molecule has 0 saturated heterocycles. The third-order valence-electron chi connectivity index (χ3n) is 5.06. The van der Waals surface area contributed by atoms with Crippen LogP contribution in [0.15, 0.2) is 77.7 Å². The van der Waals surface area contributed by atoms with Gasteiger partial charge in [-0.15, -0.1) is 0 Å². The predicted octanol–water partition coefficient (Wildman–Crippen LogP) is 4.39. The number of hydrogen-bond donors (Lipinski definition) is 1. The second-order valence-corrected chi connectivity index (χ2v) is 9.58. The first kappa shape index (κ1) is 23.5. The van der Waals surface area contributed by atoms with Crippen LogP contribution in [0.2, 0.25) is 0 Å². The fourth-order valence-corrected chi connectivity index (χ4v) is 4.79. The summed E-state index contributed by atoms with van der Waals surface area (Å²) in [5, 5.41) is 2.75. The lowest BCUT2D eigenvalue weighted by atomic mass is 10.1. The third kappa shape index (κ3) is 5.95. The Bertz CT molecular complexity index is 1180. The minimum Gasteiger partial charge on any atom is -0.355 e. The normalized spacial score (nSPS) is 11.2. The number of sulfonamides is 1. The molecule has 0 aromatic heterocycles. The van der Waals surface area contributed by atoms with Gasteiger partial charge in [-0.2, -0.15) is 0 Å². The summed E-state index contributed by atoms with van der Waals surface area (Å²) in [5.74, 6) is -1.20. The number of carbonyl (C=O) groups excluding carboxylic acids is 1. The average molecular weight is 455 g/mol. The van der Waals surface area contributed by atoms with Gasteiger partial charge in [0.25, 0.3) is 10.0 Å². The van der Waals surface area contributed by atoms with Crippen LogP contribution in [0.25, 0.3) is 0 Å². The summed E-state index contributed by atoms with van der Waals surface area (Å²) in [7, 11) is -4.13. The van der Waals surface area contributed by atoms with E-state index in [0.29, 0.717) is 13.0 Å². The highest BCUT2D eigenvalue weighted by atomic mass is 32.2. The van der Waals surface area contributed by atoms with E-state index in [9.17, 15) is 17.6 Å². The van der Waals surface area contributed by atoms with Crippen LogP contribution in [0.1, 0.15) is 23.1 Å². The first-order chi connectivity index (χ1) is 15.3. The Morgan fingerprint density at radius 3 is 2.34 bits per heavy atom. The summed E-state index contributed by atoms with van der Waals surface area (Å²) in [5.41, 5.74) is 3.08. The molecular formula is C25H27FN2O3S. The molecule has 1 N–H and O–H groups in total. The number of carbonyl (C=O) groups is 1. The summed E-state index contributed by atoms with van der Waals surface area (Å²) in [6, 6.07) is 19.9. The molecule has 0 aliphatic carbocycles.